The molecular formula is C27H29N5O6S. The van der Waals surface area contributed by atoms with Crippen LogP contribution >= 0.6 is 0 Å². The van der Waals surface area contributed by atoms with Crippen LogP contribution < -0.4 is 11.1 Å². The fourth-order valence-electron chi connectivity index (χ4n) is 4.01. The van der Waals surface area contributed by atoms with Crippen molar-refractivity contribution in [1.29, 1.82) is 0 Å². The molecule has 11 nitrogen and oxygen atoms in total. The van der Waals surface area contributed by atoms with Gasteiger partial charge in [0.1, 0.15) is 17.7 Å². The topological polar surface area (TPSA) is 156 Å². The maximum Gasteiger partial charge on any atom is 0.408 e. The van der Waals surface area contributed by atoms with Gasteiger partial charge in [0.15, 0.2) is 5.65 Å². The minimum absolute atomic E-state index is 0.0971. The zero-order chi connectivity index (χ0) is 28.4. The molecule has 0 aliphatic carbocycles. The Labute approximate surface area is 226 Å². The monoisotopic (exact) mass is 551 g/mol. The first-order valence-corrected chi connectivity index (χ1v) is 13.4. The molecule has 2 aromatic carbocycles. The van der Waals surface area contributed by atoms with Crippen LogP contribution in [0.25, 0.3) is 22.2 Å². The highest BCUT2D eigenvalue weighted by Crippen LogP contribution is 2.35. The third-order valence-electron chi connectivity index (χ3n) is 5.79. The van der Waals surface area contributed by atoms with Gasteiger partial charge in [-0.05, 0) is 44.0 Å². The zero-order valence-corrected chi connectivity index (χ0v) is 22.7. The number of hydrogen-bond donors (Lipinski definition) is 2. The first-order valence-electron chi connectivity index (χ1n) is 12.0. The largest absolute Gasteiger partial charge is 0.469 e. The highest BCUT2D eigenvalue weighted by Gasteiger charge is 2.26. The molecule has 3 N–H and O–H groups in total. The summed E-state index contributed by atoms with van der Waals surface area (Å²) in [5.74, 6) is -0.393. The van der Waals surface area contributed by atoms with E-state index in [1.165, 1.54) is 31.8 Å². The molecule has 0 saturated heterocycles. The molecule has 4 rings (SSSR count). The average Bonchev–Trinajstić information content (AvgIpc) is 3.29. The number of nitrogens with two attached hydrogens (primary N) is 1. The molecule has 0 bridgehead atoms. The Morgan fingerprint density at radius 2 is 1.72 bits per heavy atom. The third-order valence-corrected chi connectivity index (χ3v) is 7.46. The van der Waals surface area contributed by atoms with Gasteiger partial charge in [-0.1, -0.05) is 42.5 Å². The number of fused-ring (bicyclic) bond motifs is 1. The van der Waals surface area contributed by atoms with Crippen molar-refractivity contribution in [2.45, 2.75) is 43.7 Å². The number of alkyl carbamates (subject to hydrolysis) is 1. The van der Waals surface area contributed by atoms with Crippen LogP contribution in [0.15, 0.2) is 72.0 Å². The number of nitrogens with one attached hydrogen (secondary N) is 1. The molecule has 0 radical (unpaired) electrons. The van der Waals surface area contributed by atoms with Crippen LogP contribution in [0.2, 0.25) is 0 Å². The number of esters is 1. The van der Waals surface area contributed by atoms with Gasteiger partial charge in [-0.2, -0.15) is 0 Å². The summed E-state index contributed by atoms with van der Waals surface area (Å²) in [4.78, 5) is 32.8. The fraction of sp³-hybridized carbons (Fsp3) is 0.259. The van der Waals surface area contributed by atoms with E-state index in [0.29, 0.717) is 22.1 Å². The molecule has 0 aliphatic rings. The molecule has 2 heterocycles. The predicted octanol–water partition coefficient (Wildman–Crippen LogP) is 4.05. The number of carbonyl (C=O) groups excluding carboxylic acids is 2. The van der Waals surface area contributed by atoms with E-state index < -0.39 is 33.7 Å². The molecule has 1 amide bonds. The van der Waals surface area contributed by atoms with Crippen LogP contribution in [0.3, 0.4) is 0 Å². The Bertz CT molecular complexity index is 1610. The number of hydrogen-bond acceptors (Lipinski definition) is 9. The summed E-state index contributed by atoms with van der Waals surface area (Å²) in [7, 11) is -2.71. The molecule has 39 heavy (non-hydrogen) atoms. The molecule has 2 aromatic heterocycles. The van der Waals surface area contributed by atoms with Gasteiger partial charge in [-0.25, -0.2) is 27.2 Å². The third kappa shape index (κ3) is 6.01. The molecule has 204 valence electrons. The number of carbonyl (C=O) groups is 2. The van der Waals surface area contributed by atoms with Crippen LogP contribution in [0, 0.1) is 0 Å². The number of benzene rings is 2. The molecular weight excluding hydrogens is 522 g/mol. The molecule has 0 fully saturated rings. The summed E-state index contributed by atoms with van der Waals surface area (Å²) in [6, 6.07) is 14.2. The van der Waals surface area contributed by atoms with E-state index in [1.54, 1.807) is 63.2 Å². The zero-order valence-electron chi connectivity index (χ0n) is 21.9. The summed E-state index contributed by atoms with van der Waals surface area (Å²) in [5, 5.41) is 3.09. The van der Waals surface area contributed by atoms with E-state index >= 15 is 0 Å². The summed E-state index contributed by atoms with van der Waals surface area (Å²) < 4.78 is 38.1. The second-order valence-corrected chi connectivity index (χ2v) is 11.5. The van der Waals surface area contributed by atoms with Gasteiger partial charge in [0, 0.05) is 11.8 Å². The average molecular weight is 552 g/mol. The van der Waals surface area contributed by atoms with E-state index in [4.69, 9.17) is 15.2 Å². The summed E-state index contributed by atoms with van der Waals surface area (Å²) >= 11 is 0. The maximum absolute atomic E-state index is 13.4. The number of amides is 1. The van der Waals surface area contributed by atoms with Gasteiger partial charge in [0.05, 0.1) is 29.9 Å². The number of ether oxygens (including phenoxy) is 2. The predicted molar refractivity (Wildman–Crippen MR) is 145 cm³/mol. The standard InChI is InChI=1S/C27H29N5O6S/c1-27(2,3)38-26(34)31-21(14-22(33)37-4)18-12-10-17(11-13-18)20-15-32(25-23(20)24(28)29-16-30-25)39(35,36)19-8-6-5-7-9-19/h5-13,15-16,21H,14H2,1-4H3,(H,31,34)(H2,28,29,30). The van der Waals surface area contributed by atoms with Crippen LogP contribution in [0.5, 0.6) is 0 Å². The van der Waals surface area contributed by atoms with Crippen molar-refractivity contribution in [2.24, 2.45) is 0 Å². The van der Waals surface area contributed by atoms with Crippen molar-refractivity contribution < 1.29 is 27.5 Å². The number of rotatable bonds is 7. The normalized spacial score (nSPS) is 12.6. The lowest BCUT2D eigenvalue weighted by atomic mass is 9.99. The van der Waals surface area contributed by atoms with Crippen molar-refractivity contribution >= 4 is 38.9 Å². The number of aromatic nitrogens is 3. The Balaban J connectivity index is 1.75. The lowest BCUT2D eigenvalue weighted by Gasteiger charge is -2.23. The lowest BCUT2D eigenvalue weighted by Crippen LogP contribution is -2.35. The second-order valence-electron chi connectivity index (χ2n) is 9.72. The van der Waals surface area contributed by atoms with Crippen molar-refractivity contribution in [3.8, 4) is 11.1 Å². The number of methoxy groups -OCH3 is 1. The fourth-order valence-corrected chi connectivity index (χ4v) is 5.35. The molecule has 1 unspecified atom stereocenters. The summed E-state index contributed by atoms with van der Waals surface area (Å²) in [6.07, 6.45) is 1.86. The van der Waals surface area contributed by atoms with Crippen molar-refractivity contribution in [3.63, 3.8) is 0 Å². The Hall–Kier alpha value is -4.45. The van der Waals surface area contributed by atoms with Crippen LogP contribution in [0.1, 0.15) is 38.8 Å². The first-order chi connectivity index (χ1) is 18.4. The van der Waals surface area contributed by atoms with E-state index in [-0.39, 0.29) is 22.8 Å². The lowest BCUT2D eigenvalue weighted by molar-refractivity contribution is -0.141. The maximum atomic E-state index is 13.4. The molecule has 12 heteroatoms. The summed E-state index contributed by atoms with van der Waals surface area (Å²) in [5.41, 5.74) is 7.32. The highest BCUT2D eigenvalue weighted by molar-refractivity contribution is 7.90. The smallest absolute Gasteiger partial charge is 0.408 e. The van der Waals surface area contributed by atoms with E-state index in [2.05, 4.69) is 15.3 Å². The van der Waals surface area contributed by atoms with Crippen molar-refractivity contribution in [2.75, 3.05) is 12.8 Å². The molecule has 0 spiro atoms. The Kier molecular flexibility index (Phi) is 7.59. The van der Waals surface area contributed by atoms with Crippen LogP contribution in [-0.2, 0) is 24.3 Å². The molecule has 4 aromatic rings. The molecule has 0 saturated carbocycles. The quantitative estimate of drug-likeness (QED) is 0.324. The molecule has 1 atom stereocenters. The SMILES string of the molecule is COC(=O)CC(NC(=O)OC(C)(C)C)c1ccc(-c2cn(S(=O)(=O)c3ccccc3)c3ncnc(N)c23)cc1. The van der Waals surface area contributed by atoms with Crippen molar-refractivity contribution in [3.05, 3.63) is 72.7 Å². The molecule has 0 aliphatic heterocycles. The van der Waals surface area contributed by atoms with Gasteiger partial charge in [0.25, 0.3) is 10.0 Å². The van der Waals surface area contributed by atoms with E-state index in [9.17, 15) is 18.0 Å². The Morgan fingerprint density at radius 3 is 2.33 bits per heavy atom. The van der Waals surface area contributed by atoms with Crippen molar-refractivity contribution in [1.82, 2.24) is 19.3 Å². The van der Waals surface area contributed by atoms with E-state index in [0.717, 1.165) is 3.97 Å². The van der Waals surface area contributed by atoms with Gasteiger partial charge < -0.3 is 20.5 Å². The number of nitrogens with zero attached hydrogens (tertiary/aromatic N) is 3. The van der Waals surface area contributed by atoms with Gasteiger partial charge in [-0.3, -0.25) is 4.79 Å². The van der Waals surface area contributed by atoms with Crippen LogP contribution in [-0.4, -0.2) is 47.1 Å². The van der Waals surface area contributed by atoms with E-state index in [1.807, 2.05) is 0 Å². The van der Waals surface area contributed by atoms with Gasteiger partial charge >= 0.3 is 12.1 Å². The minimum atomic E-state index is -3.98. The number of nitrogen functional groups attached to an aromatic ring is 1. The summed E-state index contributed by atoms with van der Waals surface area (Å²) in [6.45, 7) is 5.21. The van der Waals surface area contributed by atoms with Crippen LogP contribution in [0.4, 0.5) is 10.6 Å². The Morgan fingerprint density at radius 1 is 1.05 bits per heavy atom. The minimum Gasteiger partial charge on any atom is -0.469 e. The number of anilines is 1. The van der Waals surface area contributed by atoms with Gasteiger partial charge in [-0.15, -0.1) is 0 Å². The highest BCUT2D eigenvalue weighted by atomic mass is 32.2. The first kappa shape index (κ1) is 27.6. The second kappa shape index (κ2) is 10.7. The van der Waals surface area contributed by atoms with Gasteiger partial charge in [0.2, 0.25) is 0 Å².